The number of halogens is 3. The van der Waals surface area contributed by atoms with Crippen LogP contribution in [-0.2, 0) is 11.0 Å². The molecule has 0 aliphatic carbocycles. The number of hydrogen-bond acceptors (Lipinski definition) is 4. The van der Waals surface area contributed by atoms with Gasteiger partial charge in [-0.15, -0.1) is 11.3 Å². The minimum atomic E-state index is -4.49. The number of alkyl halides is 3. The van der Waals surface area contributed by atoms with Crippen LogP contribution in [0.4, 0.5) is 18.9 Å². The number of thiazole rings is 1. The lowest BCUT2D eigenvalue weighted by Gasteiger charge is -2.13. The van der Waals surface area contributed by atoms with Gasteiger partial charge in [0.25, 0.3) is 0 Å². The summed E-state index contributed by atoms with van der Waals surface area (Å²) < 4.78 is 38.9. The van der Waals surface area contributed by atoms with Crippen molar-refractivity contribution in [2.24, 2.45) is 0 Å². The molecule has 1 amide bonds. The molecular formula is C12H9F3N2OS2. The van der Waals surface area contributed by atoms with Crippen molar-refractivity contribution in [1.29, 1.82) is 0 Å². The van der Waals surface area contributed by atoms with Crippen molar-refractivity contribution in [3.63, 3.8) is 0 Å². The Morgan fingerprint density at radius 3 is 2.75 bits per heavy atom. The van der Waals surface area contributed by atoms with E-state index in [0.29, 0.717) is 4.34 Å². The molecule has 20 heavy (non-hydrogen) atoms. The number of nitrogens with one attached hydrogen (secondary N) is 1. The predicted molar refractivity (Wildman–Crippen MR) is 72.9 cm³/mol. The molecule has 2 aromatic rings. The molecule has 0 saturated heterocycles. The molecule has 0 bridgehead atoms. The molecule has 1 aromatic carbocycles. The highest BCUT2D eigenvalue weighted by Gasteiger charge is 2.33. The van der Waals surface area contributed by atoms with Crippen LogP contribution in [0.5, 0.6) is 0 Å². The summed E-state index contributed by atoms with van der Waals surface area (Å²) in [6.07, 6.45) is -2.89. The molecule has 1 N–H and O–H groups in total. The van der Waals surface area contributed by atoms with Gasteiger partial charge in [-0.1, -0.05) is 23.9 Å². The number of carbonyl (C=O) groups excluding carboxylic acids is 1. The van der Waals surface area contributed by atoms with Gasteiger partial charge in [0.05, 0.1) is 17.0 Å². The molecule has 1 heterocycles. The number of rotatable bonds is 4. The van der Waals surface area contributed by atoms with Crippen LogP contribution in [0.25, 0.3) is 0 Å². The molecule has 0 aliphatic heterocycles. The van der Waals surface area contributed by atoms with E-state index < -0.39 is 17.6 Å². The fraction of sp³-hybridized carbons (Fsp3) is 0.167. The number of para-hydroxylation sites is 1. The average Bonchev–Trinajstić information content (AvgIpc) is 2.89. The highest BCUT2D eigenvalue weighted by atomic mass is 32.2. The number of nitrogens with zero attached hydrogens (tertiary/aromatic N) is 1. The van der Waals surface area contributed by atoms with Crippen LogP contribution >= 0.6 is 23.1 Å². The number of aromatic nitrogens is 1. The molecule has 0 aliphatic rings. The molecule has 0 radical (unpaired) electrons. The minimum Gasteiger partial charge on any atom is -0.325 e. The second kappa shape index (κ2) is 6.27. The largest absolute Gasteiger partial charge is 0.418 e. The first kappa shape index (κ1) is 14.9. The monoisotopic (exact) mass is 318 g/mol. The van der Waals surface area contributed by atoms with E-state index in [1.807, 2.05) is 0 Å². The summed E-state index contributed by atoms with van der Waals surface area (Å²) in [6.45, 7) is 0. The van der Waals surface area contributed by atoms with Gasteiger partial charge in [0.15, 0.2) is 0 Å². The predicted octanol–water partition coefficient (Wildman–Crippen LogP) is 3.89. The molecule has 0 spiro atoms. The minimum absolute atomic E-state index is 0.0136. The van der Waals surface area contributed by atoms with E-state index in [9.17, 15) is 18.0 Å². The molecule has 1 aromatic heterocycles. The van der Waals surface area contributed by atoms with Crippen LogP contribution in [0.1, 0.15) is 5.56 Å². The summed E-state index contributed by atoms with van der Waals surface area (Å²) in [5.41, 5.74) is -1.09. The third-order valence-corrected chi connectivity index (χ3v) is 4.21. The first-order valence-corrected chi connectivity index (χ1v) is 7.31. The quantitative estimate of drug-likeness (QED) is 0.870. The summed E-state index contributed by atoms with van der Waals surface area (Å²) in [6, 6.07) is 4.89. The molecule has 0 atom stereocenters. The second-order valence-corrected chi connectivity index (χ2v) is 5.80. The highest BCUT2D eigenvalue weighted by molar-refractivity contribution is 8.01. The zero-order chi connectivity index (χ0) is 14.6. The Kier molecular flexibility index (Phi) is 4.66. The van der Waals surface area contributed by atoms with E-state index in [2.05, 4.69) is 10.3 Å². The lowest BCUT2D eigenvalue weighted by atomic mass is 10.1. The highest BCUT2D eigenvalue weighted by Crippen LogP contribution is 2.34. The normalized spacial score (nSPS) is 11.3. The Hall–Kier alpha value is -1.54. The van der Waals surface area contributed by atoms with Crippen LogP contribution in [0.3, 0.4) is 0 Å². The van der Waals surface area contributed by atoms with E-state index in [-0.39, 0.29) is 11.4 Å². The smallest absolute Gasteiger partial charge is 0.325 e. The van der Waals surface area contributed by atoms with Crippen molar-refractivity contribution in [3.05, 3.63) is 41.4 Å². The van der Waals surface area contributed by atoms with Gasteiger partial charge in [0, 0.05) is 11.6 Å². The van der Waals surface area contributed by atoms with E-state index >= 15 is 0 Å². The van der Waals surface area contributed by atoms with Gasteiger partial charge >= 0.3 is 6.18 Å². The standard InChI is InChI=1S/C12H9F3N2OS2/c13-12(14,15)8-3-1-2-4-9(8)17-10(18)7-20-11-16-5-6-19-11/h1-6H,7H2,(H,17,18). The van der Waals surface area contributed by atoms with Crippen molar-refractivity contribution >= 4 is 34.7 Å². The molecular weight excluding hydrogens is 309 g/mol. The van der Waals surface area contributed by atoms with Gasteiger partial charge < -0.3 is 5.32 Å². The van der Waals surface area contributed by atoms with Crippen molar-refractivity contribution < 1.29 is 18.0 Å². The maximum atomic E-state index is 12.7. The van der Waals surface area contributed by atoms with Gasteiger partial charge in [0.2, 0.25) is 5.91 Å². The Morgan fingerprint density at radius 2 is 2.10 bits per heavy atom. The van der Waals surface area contributed by atoms with E-state index in [1.165, 1.54) is 41.3 Å². The number of carbonyl (C=O) groups is 1. The van der Waals surface area contributed by atoms with Crippen LogP contribution < -0.4 is 5.32 Å². The lowest BCUT2D eigenvalue weighted by Crippen LogP contribution is -2.18. The van der Waals surface area contributed by atoms with Crippen molar-refractivity contribution in [1.82, 2.24) is 4.98 Å². The molecule has 3 nitrogen and oxygen atoms in total. The summed E-state index contributed by atoms with van der Waals surface area (Å²) >= 11 is 2.55. The Labute approximate surface area is 121 Å². The summed E-state index contributed by atoms with van der Waals surface area (Å²) in [5, 5.41) is 4.04. The molecule has 8 heteroatoms. The molecule has 2 rings (SSSR count). The van der Waals surface area contributed by atoms with Gasteiger partial charge in [-0.25, -0.2) is 4.98 Å². The molecule has 0 unspecified atom stereocenters. The summed E-state index contributed by atoms with van der Waals surface area (Å²) in [4.78, 5) is 15.6. The third-order valence-electron chi connectivity index (χ3n) is 2.24. The van der Waals surface area contributed by atoms with Gasteiger partial charge in [-0.3, -0.25) is 4.79 Å². The number of hydrogen-bond donors (Lipinski definition) is 1. The lowest BCUT2D eigenvalue weighted by molar-refractivity contribution is -0.137. The van der Waals surface area contributed by atoms with Crippen LogP contribution in [-0.4, -0.2) is 16.6 Å². The summed E-state index contributed by atoms with van der Waals surface area (Å²) in [7, 11) is 0. The fourth-order valence-corrected chi connectivity index (χ4v) is 2.87. The Bertz CT molecular complexity index is 585. The number of amides is 1. The third kappa shape index (κ3) is 3.97. The second-order valence-electron chi connectivity index (χ2n) is 3.68. The summed E-state index contributed by atoms with van der Waals surface area (Å²) in [5.74, 6) is -0.485. The molecule has 106 valence electrons. The van der Waals surface area contributed by atoms with E-state index in [0.717, 1.165) is 6.07 Å². The first-order chi connectivity index (χ1) is 9.47. The van der Waals surface area contributed by atoms with E-state index in [1.54, 1.807) is 11.6 Å². The van der Waals surface area contributed by atoms with Gasteiger partial charge in [-0.05, 0) is 12.1 Å². The average molecular weight is 318 g/mol. The van der Waals surface area contributed by atoms with Crippen LogP contribution in [0.2, 0.25) is 0 Å². The maximum Gasteiger partial charge on any atom is 0.418 e. The Morgan fingerprint density at radius 1 is 1.35 bits per heavy atom. The number of anilines is 1. The number of benzene rings is 1. The SMILES string of the molecule is O=C(CSc1nccs1)Nc1ccccc1C(F)(F)F. The van der Waals surface area contributed by atoms with Crippen molar-refractivity contribution in [3.8, 4) is 0 Å². The van der Waals surface area contributed by atoms with E-state index in [4.69, 9.17) is 0 Å². The van der Waals surface area contributed by atoms with Gasteiger partial charge in [-0.2, -0.15) is 13.2 Å². The van der Waals surface area contributed by atoms with Gasteiger partial charge in [0.1, 0.15) is 4.34 Å². The first-order valence-electron chi connectivity index (χ1n) is 5.45. The topological polar surface area (TPSA) is 42.0 Å². The van der Waals surface area contributed by atoms with Crippen LogP contribution in [0.15, 0.2) is 40.2 Å². The van der Waals surface area contributed by atoms with Crippen LogP contribution in [0, 0.1) is 0 Å². The fourth-order valence-electron chi connectivity index (χ4n) is 1.43. The van der Waals surface area contributed by atoms with Crippen molar-refractivity contribution in [2.45, 2.75) is 10.5 Å². The Balaban J connectivity index is 2.01. The zero-order valence-corrected chi connectivity index (χ0v) is 11.6. The maximum absolute atomic E-state index is 12.7. The number of thioether (sulfide) groups is 1. The van der Waals surface area contributed by atoms with Crippen molar-refractivity contribution in [2.75, 3.05) is 11.1 Å². The molecule has 0 saturated carbocycles. The molecule has 0 fully saturated rings. The zero-order valence-electron chi connectivity index (χ0n) is 9.98.